The van der Waals surface area contributed by atoms with Gasteiger partial charge in [-0.25, -0.2) is 13.9 Å². The van der Waals surface area contributed by atoms with Gasteiger partial charge >= 0.3 is 5.69 Å². The van der Waals surface area contributed by atoms with Crippen LogP contribution in [0, 0.1) is 0 Å². The fourth-order valence-corrected chi connectivity index (χ4v) is 2.98. The van der Waals surface area contributed by atoms with E-state index in [1.807, 2.05) is 24.3 Å². The molecule has 1 aliphatic heterocycles. The van der Waals surface area contributed by atoms with Crippen molar-refractivity contribution >= 4 is 23.2 Å². The Morgan fingerprint density at radius 2 is 1.88 bits per heavy atom. The van der Waals surface area contributed by atoms with Crippen LogP contribution in [0.4, 0.5) is 11.5 Å². The van der Waals surface area contributed by atoms with Gasteiger partial charge in [0, 0.05) is 25.0 Å². The normalized spacial score (nSPS) is 14.2. The SMILES string of the molecule is O=C(Cn1nc2nc(N3CCCC3)ccn2c1=O)Nc1ccccc1. The lowest BCUT2D eigenvalue weighted by molar-refractivity contribution is -0.117. The van der Waals surface area contributed by atoms with Crippen molar-refractivity contribution in [1.29, 1.82) is 0 Å². The first-order chi connectivity index (χ1) is 12.2. The summed E-state index contributed by atoms with van der Waals surface area (Å²) in [5, 5.41) is 6.94. The van der Waals surface area contributed by atoms with Gasteiger partial charge in [0.1, 0.15) is 12.4 Å². The molecule has 1 saturated heterocycles. The number of carbonyl (C=O) groups is 1. The molecule has 3 aromatic rings. The topological polar surface area (TPSA) is 84.5 Å². The summed E-state index contributed by atoms with van der Waals surface area (Å²) in [7, 11) is 0. The van der Waals surface area contributed by atoms with E-state index >= 15 is 0 Å². The summed E-state index contributed by atoms with van der Waals surface area (Å²) in [5.41, 5.74) is 0.303. The number of hydrogen-bond donors (Lipinski definition) is 1. The Morgan fingerprint density at radius 3 is 2.64 bits per heavy atom. The summed E-state index contributed by atoms with van der Waals surface area (Å²) >= 11 is 0. The second-order valence-corrected chi connectivity index (χ2v) is 6.00. The molecule has 8 nitrogen and oxygen atoms in total. The lowest BCUT2D eigenvalue weighted by Gasteiger charge is -2.15. The minimum absolute atomic E-state index is 0.157. The van der Waals surface area contributed by atoms with Crippen LogP contribution < -0.4 is 15.9 Å². The zero-order valence-electron chi connectivity index (χ0n) is 13.6. The van der Waals surface area contributed by atoms with Crippen molar-refractivity contribution in [2.45, 2.75) is 19.4 Å². The number of anilines is 2. The Bertz CT molecular complexity index is 956. The third-order valence-corrected chi connectivity index (χ3v) is 4.22. The molecule has 0 unspecified atom stereocenters. The molecule has 8 heteroatoms. The van der Waals surface area contributed by atoms with Gasteiger partial charge in [-0.3, -0.25) is 4.79 Å². The average Bonchev–Trinajstić information content (AvgIpc) is 3.25. The van der Waals surface area contributed by atoms with Gasteiger partial charge in [0.15, 0.2) is 0 Å². The second-order valence-electron chi connectivity index (χ2n) is 6.00. The van der Waals surface area contributed by atoms with Gasteiger partial charge in [0.2, 0.25) is 5.91 Å². The molecule has 0 atom stereocenters. The predicted molar refractivity (Wildman–Crippen MR) is 93.8 cm³/mol. The van der Waals surface area contributed by atoms with Crippen LogP contribution >= 0.6 is 0 Å². The van der Waals surface area contributed by atoms with E-state index in [2.05, 4.69) is 20.3 Å². The number of aromatic nitrogens is 4. The van der Waals surface area contributed by atoms with Crippen LogP contribution in [0.25, 0.3) is 5.78 Å². The molecule has 0 spiro atoms. The molecule has 0 aliphatic carbocycles. The number of nitrogens with one attached hydrogen (secondary N) is 1. The Kier molecular flexibility index (Phi) is 3.93. The molecule has 0 bridgehead atoms. The summed E-state index contributed by atoms with van der Waals surface area (Å²) < 4.78 is 2.49. The summed E-state index contributed by atoms with van der Waals surface area (Å²) in [5.74, 6) is 0.814. The van der Waals surface area contributed by atoms with Crippen molar-refractivity contribution in [2.24, 2.45) is 0 Å². The highest BCUT2D eigenvalue weighted by Crippen LogP contribution is 2.17. The highest BCUT2D eigenvalue weighted by Gasteiger charge is 2.16. The van der Waals surface area contributed by atoms with Crippen LogP contribution in [0.3, 0.4) is 0 Å². The lowest BCUT2D eigenvalue weighted by Crippen LogP contribution is -2.28. The molecule has 1 aliphatic rings. The number of nitrogens with zero attached hydrogens (tertiary/aromatic N) is 5. The van der Waals surface area contributed by atoms with Gasteiger partial charge in [0.05, 0.1) is 0 Å². The highest BCUT2D eigenvalue weighted by molar-refractivity contribution is 5.90. The van der Waals surface area contributed by atoms with Crippen molar-refractivity contribution in [3.8, 4) is 0 Å². The van der Waals surface area contributed by atoms with Crippen LogP contribution in [0.1, 0.15) is 12.8 Å². The number of para-hydroxylation sites is 1. The second kappa shape index (κ2) is 6.39. The zero-order chi connectivity index (χ0) is 17.2. The number of amides is 1. The first kappa shape index (κ1) is 15.4. The molecule has 1 aromatic carbocycles. The molecule has 1 N–H and O–H groups in total. The van der Waals surface area contributed by atoms with Crippen molar-refractivity contribution in [1.82, 2.24) is 19.2 Å². The maximum atomic E-state index is 12.4. The molecular formula is C17H18N6O2. The summed E-state index contributed by atoms with van der Waals surface area (Å²) in [4.78, 5) is 31.1. The quantitative estimate of drug-likeness (QED) is 0.771. The smallest absolute Gasteiger partial charge is 0.352 e. The molecule has 2 aromatic heterocycles. The Labute approximate surface area is 143 Å². The molecule has 4 rings (SSSR count). The van der Waals surface area contributed by atoms with E-state index < -0.39 is 0 Å². The van der Waals surface area contributed by atoms with Crippen molar-refractivity contribution in [3.05, 3.63) is 53.1 Å². The lowest BCUT2D eigenvalue weighted by atomic mass is 10.3. The van der Waals surface area contributed by atoms with Gasteiger partial charge in [0.25, 0.3) is 5.78 Å². The van der Waals surface area contributed by atoms with Crippen molar-refractivity contribution in [2.75, 3.05) is 23.3 Å². The molecule has 1 amide bonds. The minimum Gasteiger partial charge on any atom is -0.356 e. The van der Waals surface area contributed by atoms with Crippen LogP contribution in [0.5, 0.6) is 0 Å². The van der Waals surface area contributed by atoms with Gasteiger partial charge < -0.3 is 10.2 Å². The number of carbonyl (C=O) groups excluding carboxylic acids is 1. The third kappa shape index (κ3) is 3.10. The maximum Gasteiger partial charge on any atom is 0.352 e. The van der Waals surface area contributed by atoms with E-state index in [4.69, 9.17) is 0 Å². The van der Waals surface area contributed by atoms with Gasteiger partial charge in [-0.05, 0) is 31.0 Å². The van der Waals surface area contributed by atoms with Crippen LogP contribution in [0.15, 0.2) is 47.4 Å². The summed E-state index contributed by atoms with van der Waals surface area (Å²) in [6.45, 7) is 1.78. The molecule has 25 heavy (non-hydrogen) atoms. The Hall–Kier alpha value is -3.16. The van der Waals surface area contributed by atoms with Crippen molar-refractivity contribution < 1.29 is 4.79 Å². The van der Waals surface area contributed by atoms with Crippen molar-refractivity contribution in [3.63, 3.8) is 0 Å². The first-order valence-electron chi connectivity index (χ1n) is 8.27. The molecule has 0 saturated carbocycles. The largest absolute Gasteiger partial charge is 0.356 e. The minimum atomic E-state index is -0.376. The molecule has 3 heterocycles. The van der Waals surface area contributed by atoms with Gasteiger partial charge in [-0.1, -0.05) is 18.2 Å². The van der Waals surface area contributed by atoms with Crippen LogP contribution in [-0.4, -0.2) is 38.2 Å². The number of rotatable bonds is 4. The molecule has 1 fully saturated rings. The maximum absolute atomic E-state index is 12.4. The zero-order valence-corrected chi connectivity index (χ0v) is 13.6. The van der Waals surface area contributed by atoms with E-state index in [-0.39, 0.29) is 18.1 Å². The Balaban J connectivity index is 1.56. The highest BCUT2D eigenvalue weighted by atomic mass is 16.2. The third-order valence-electron chi connectivity index (χ3n) is 4.22. The predicted octanol–water partition coefficient (Wildman–Crippen LogP) is 1.13. The van der Waals surface area contributed by atoms with E-state index in [9.17, 15) is 9.59 Å². The number of benzene rings is 1. The summed E-state index contributed by atoms with van der Waals surface area (Å²) in [6.07, 6.45) is 3.96. The number of hydrogen-bond acceptors (Lipinski definition) is 5. The Morgan fingerprint density at radius 1 is 1.12 bits per heavy atom. The monoisotopic (exact) mass is 338 g/mol. The fraction of sp³-hybridized carbons (Fsp3) is 0.294. The molecule has 128 valence electrons. The average molecular weight is 338 g/mol. The van der Waals surface area contributed by atoms with Crippen LogP contribution in [0.2, 0.25) is 0 Å². The van der Waals surface area contributed by atoms with Gasteiger partial charge in [-0.2, -0.15) is 4.98 Å². The molecular weight excluding hydrogens is 320 g/mol. The fourth-order valence-electron chi connectivity index (χ4n) is 2.98. The standard InChI is InChI=1S/C17H18N6O2/c24-15(18-13-6-2-1-3-7-13)12-23-17(25)22-11-8-14(19-16(22)20-23)21-9-4-5-10-21/h1-3,6-8,11H,4-5,9-10,12H2,(H,18,24). The number of fused-ring (bicyclic) bond motifs is 1. The van der Waals surface area contributed by atoms with E-state index in [1.165, 1.54) is 4.40 Å². The van der Waals surface area contributed by atoms with E-state index in [0.717, 1.165) is 36.4 Å². The molecule has 0 radical (unpaired) electrons. The summed E-state index contributed by atoms with van der Waals surface area (Å²) in [6, 6.07) is 10.9. The first-order valence-corrected chi connectivity index (χ1v) is 8.27. The van der Waals surface area contributed by atoms with Crippen LogP contribution in [-0.2, 0) is 11.3 Å². The van der Waals surface area contributed by atoms with E-state index in [0.29, 0.717) is 11.5 Å². The van der Waals surface area contributed by atoms with Gasteiger partial charge in [-0.15, -0.1) is 5.10 Å². The van der Waals surface area contributed by atoms with E-state index in [1.54, 1.807) is 18.3 Å².